The third kappa shape index (κ3) is 5.24. The lowest BCUT2D eigenvalue weighted by atomic mass is 10.1. The molecule has 200 valence electrons. The fraction of sp³-hybridized carbons (Fsp3) is 0.310. The quantitative estimate of drug-likeness (QED) is 0.275. The van der Waals surface area contributed by atoms with E-state index in [1.54, 1.807) is 33.5 Å². The molecule has 3 aromatic carbocycles. The minimum absolute atomic E-state index is 0.366. The maximum absolute atomic E-state index is 13.2. The lowest BCUT2D eigenvalue weighted by Gasteiger charge is -2.36. The number of hydrogen-bond acceptors (Lipinski definition) is 6. The normalized spacial score (nSPS) is 14.6. The standard InChI is InChI=1S/C29H29F3N2O4/c1-35-24-8-7-23(17-26(24)36-2)34-11-9-33(10-12-34)18-19-13-21-16-25(38-28(21)27(14-19)37-3)20-5-4-6-22(15-20)29(30,31)32/h4-8,13-17H,9-12,18H2,1-3H3. The summed E-state index contributed by atoms with van der Waals surface area (Å²) in [7, 11) is 4.82. The molecule has 0 amide bonds. The minimum atomic E-state index is -4.42. The van der Waals surface area contributed by atoms with E-state index in [0.29, 0.717) is 34.2 Å². The Morgan fingerprint density at radius 2 is 1.53 bits per heavy atom. The van der Waals surface area contributed by atoms with Crippen LogP contribution in [0.25, 0.3) is 22.3 Å². The van der Waals surface area contributed by atoms with E-state index in [2.05, 4.69) is 9.80 Å². The second kappa shape index (κ2) is 10.5. The number of ether oxygens (including phenoxy) is 3. The Morgan fingerprint density at radius 3 is 2.21 bits per heavy atom. The van der Waals surface area contributed by atoms with E-state index < -0.39 is 11.7 Å². The van der Waals surface area contributed by atoms with Gasteiger partial charge in [-0.2, -0.15) is 13.2 Å². The van der Waals surface area contributed by atoms with E-state index in [-0.39, 0.29) is 0 Å². The number of furan rings is 1. The molecule has 38 heavy (non-hydrogen) atoms. The molecule has 1 aromatic heterocycles. The lowest BCUT2D eigenvalue weighted by molar-refractivity contribution is -0.137. The van der Waals surface area contributed by atoms with Crippen LogP contribution in [0.4, 0.5) is 18.9 Å². The molecule has 1 fully saturated rings. The van der Waals surface area contributed by atoms with Gasteiger partial charge in [-0.15, -0.1) is 0 Å². The van der Waals surface area contributed by atoms with Gasteiger partial charge in [0, 0.05) is 55.4 Å². The zero-order valence-electron chi connectivity index (χ0n) is 21.5. The van der Waals surface area contributed by atoms with Crippen molar-refractivity contribution in [2.75, 3.05) is 52.4 Å². The molecule has 9 heteroatoms. The second-order valence-electron chi connectivity index (χ2n) is 9.21. The molecule has 0 N–H and O–H groups in total. The number of fused-ring (bicyclic) bond motifs is 1. The molecule has 0 aliphatic carbocycles. The van der Waals surface area contributed by atoms with E-state index in [4.69, 9.17) is 18.6 Å². The molecular formula is C29H29F3N2O4. The maximum atomic E-state index is 13.2. The Kier molecular flexibility index (Phi) is 7.12. The lowest BCUT2D eigenvalue weighted by Crippen LogP contribution is -2.45. The Balaban J connectivity index is 1.32. The van der Waals surface area contributed by atoms with Crippen LogP contribution in [0.15, 0.2) is 65.1 Å². The van der Waals surface area contributed by atoms with Gasteiger partial charge in [-0.05, 0) is 48.0 Å². The van der Waals surface area contributed by atoms with Gasteiger partial charge in [0.15, 0.2) is 22.8 Å². The van der Waals surface area contributed by atoms with Crippen LogP contribution in [0.3, 0.4) is 0 Å². The molecule has 4 aromatic rings. The van der Waals surface area contributed by atoms with E-state index in [0.717, 1.165) is 61.5 Å². The van der Waals surface area contributed by atoms with E-state index >= 15 is 0 Å². The molecule has 1 aliphatic rings. The number of rotatable bonds is 7. The first-order valence-corrected chi connectivity index (χ1v) is 12.3. The third-order valence-electron chi connectivity index (χ3n) is 6.85. The molecule has 0 unspecified atom stereocenters. The van der Waals surface area contributed by atoms with Crippen molar-refractivity contribution in [2.45, 2.75) is 12.7 Å². The summed E-state index contributed by atoms with van der Waals surface area (Å²) in [6, 6.07) is 16.8. The SMILES string of the molecule is COc1ccc(N2CCN(Cc3cc(OC)c4oc(-c5cccc(C(F)(F)F)c5)cc4c3)CC2)cc1OC. The highest BCUT2D eigenvalue weighted by Gasteiger charge is 2.30. The van der Waals surface area contributed by atoms with E-state index in [1.807, 2.05) is 30.3 Å². The van der Waals surface area contributed by atoms with Crippen LogP contribution < -0.4 is 19.1 Å². The topological polar surface area (TPSA) is 47.3 Å². The maximum Gasteiger partial charge on any atom is 0.416 e. The van der Waals surface area contributed by atoms with Crippen LogP contribution in [-0.4, -0.2) is 52.4 Å². The van der Waals surface area contributed by atoms with Crippen molar-refractivity contribution in [3.05, 3.63) is 71.8 Å². The van der Waals surface area contributed by atoms with Gasteiger partial charge in [0.2, 0.25) is 0 Å². The van der Waals surface area contributed by atoms with Gasteiger partial charge in [-0.25, -0.2) is 0 Å². The van der Waals surface area contributed by atoms with Crippen LogP contribution >= 0.6 is 0 Å². The molecule has 1 aliphatic heterocycles. The first kappa shape index (κ1) is 25.8. The van der Waals surface area contributed by atoms with Crippen molar-refractivity contribution in [3.63, 3.8) is 0 Å². The van der Waals surface area contributed by atoms with E-state index in [1.165, 1.54) is 6.07 Å². The summed E-state index contributed by atoms with van der Waals surface area (Å²) in [5.74, 6) is 2.33. The summed E-state index contributed by atoms with van der Waals surface area (Å²) in [5, 5.41) is 0.788. The largest absolute Gasteiger partial charge is 0.493 e. The molecule has 0 saturated carbocycles. The Labute approximate surface area is 219 Å². The number of methoxy groups -OCH3 is 3. The summed E-state index contributed by atoms with van der Waals surface area (Å²) < 4.78 is 61.9. The van der Waals surface area contributed by atoms with Crippen LogP contribution in [0.2, 0.25) is 0 Å². The third-order valence-corrected chi connectivity index (χ3v) is 6.85. The Morgan fingerprint density at radius 1 is 0.789 bits per heavy atom. The van der Waals surface area contributed by atoms with Crippen molar-refractivity contribution in [2.24, 2.45) is 0 Å². The predicted octanol–water partition coefficient (Wildman–Crippen LogP) is 6.47. The fourth-order valence-electron chi connectivity index (χ4n) is 4.86. The first-order chi connectivity index (χ1) is 18.3. The highest BCUT2D eigenvalue weighted by molar-refractivity contribution is 5.88. The van der Waals surface area contributed by atoms with Gasteiger partial charge in [0.05, 0.1) is 26.9 Å². The zero-order chi connectivity index (χ0) is 26.9. The van der Waals surface area contributed by atoms with Crippen molar-refractivity contribution < 1.29 is 31.8 Å². The van der Waals surface area contributed by atoms with Crippen LogP contribution in [0.1, 0.15) is 11.1 Å². The number of anilines is 1. The minimum Gasteiger partial charge on any atom is -0.493 e. The van der Waals surface area contributed by atoms with E-state index in [9.17, 15) is 13.2 Å². The molecule has 0 bridgehead atoms. The van der Waals surface area contributed by atoms with Gasteiger partial charge in [-0.3, -0.25) is 4.90 Å². The molecule has 6 nitrogen and oxygen atoms in total. The average molecular weight is 527 g/mol. The first-order valence-electron chi connectivity index (χ1n) is 12.3. The summed E-state index contributed by atoms with van der Waals surface area (Å²) in [6.07, 6.45) is -4.42. The van der Waals surface area contributed by atoms with Gasteiger partial charge >= 0.3 is 6.18 Å². The van der Waals surface area contributed by atoms with Gasteiger partial charge < -0.3 is 23.5 Å². The van der Waals surface area contributed by atoms with Gasteiger partial charge in [-0.1, -0.05) is 12.1 Å². The number of nitrogens with zero attached hydrogens (tertiary/aromatic N) is 2. The average Bonchev–Trinajstić information content (AvgIpc) is 3.36. The van der Waals surface area contributed by atoms with Crippen molar-refractivity contribution in [1.82, 2.24) is 4.90 Å². The fourth-order valence-corrected chi connectivity index (χ4v) is 4.86. The summed E-state index contributed by atoms with van der Waals surface area (Å²) in [6.45, 7) is 4.18. The molecule has 0 spiro atoms. The molecule has 1 saturated heterocycles. The van der Waals surface area contributed by atoms with Crippen molar-refractivity contribution in [3.8, 4) is 28.6 Å². The highest BCUT2D eigenvalue weighted by Crippen LogP contribution is 2.37. The number of piperazine rings is 1. The Hall–Kier alpha value is -3.85. The zero-order valence-corrected chi connectivity index (χ0v) is 21.5. The number of alkyl halides is 3. The molecule has 5 rings (SSSR count). The smallest absolute Gasteiger partial charge is 0.416 e. The molecule has 0 radical (unpaired) electrons. The van der Waals surface area contributed by atoms with Gasteiger partial charge in [0.25, 0.3) is 0 Å². The van der Waals surface area contributed by atoms with Gasteiger partial charge in [0.1, 0.15) is 5.76 Å². The molecule has 2 heterocycles. The van der Waals surface area contributed by atoms with Crippen molar-refractivity contribution >= 4 is 16.7 Å². The molecule has 0 atom stereocenters. The highest BCUT2D eigenvalue weighted by atomic mass is 19.4. The Bertz CT molecular complexity index is 1430. The van der Waals surface area contributed by atoms with Crippen LogP contribution in [0.5, 0.6) is 17.2 Å². The van der Waals surface area contributed by atoms with Crippen LogP contribution in [-0.2, 0) is 12.7 Å². The number of halogens is 3. The second-order valence-corrected chi connectivity index (χ2v) is 9.21. The van der Waals surface area contributed by atoms with Crippen molar-refractivity contribution in [1.29, 1.82) is 0 Å². The predicted molar refractivity (Wildman–Crippen MR) is 140 cm³/mol. The van der Waals surface area contributed by atoms with Crippen LogP contribution in [0, 0.1) is 0 Å². The summed E-state index contributed by atoms with van der Waals surface area (Å²) >= 11 is 0. The summed E-state index contributed by atoms with van der Waals surface area (Å²) in [4.78, 5) is 4.69. The summed E-state index contributed by atoms with van der Waals surface area (Å²) in [5.41, 5.74) is 2.30. The monoisotopic (exact) mass is 526 g/mol. The number of benzene rings is 3. The molecular weight excluding hydrogens is 497 g/mol. The number of hydrogen-bond donors (Lipinski definition) is 0.